The zero-order valence-corrected chi connectivity index (χ0v) is 11.8. The maximum atomic E-state index is 12.6. The summed E-state index contributed by atoms with van der Waals surface area (Å²) in [5, 5.41) is 3.35. The molecule has 0 atom stereocenters. The van der Waals surface area contributed by atoms with Crippen LogP contribution in [0.1, 0.15) is 42.6 Å². The van der Waals surface area contributed by atoms with E-state index in [0.29, 0.717) is 0 Å². The minimum Gasteiger partial charge on any atom is -0.384 e. The fourth-order valence-electron chi connectivity index (χ4n) is 2.70. The molecule has 0 spiro atoms. The van der Waals surface area contributed by atoms with Gasteiger partial charge in [0.1, 0.15) is 0 Å². The van der Waals surface area contributed by atoms with Crippen LogP contribution in [0.4, 0.5) is 5.69 Å². The lowest BCUT2D eigenvalue weighted by Gasteiger charge is -2.27. The molecular formula is C16H22N2O. The molecule has 1 amide bonds. The van der Waals surface area contributed by atoms with E-state index < -0.39 is 0 Å². The van der Waals surface area contributed by atoms with Crippen molar-refractivity contribution in [3.8, 4) is 0 Å². The largest absolute Gasteiger partial charge is 0.384 e. The Kier molecular flexibility index (Phi) is 3.21. The highest BCUT2D eigenvalue weighted by Crippen LogP contribution is 2.31. The summed E-state index contributed by atoms with van der Waals surface area (Å²) < 4.78 is 0. The van der Waals surface area contributed by atoms with Crippen molar-refractivity contribution in [3.05, 3.63) is 29.3 Å². The van der Waals surface area contributed by atoms with Crippen molar-refractivity contribution in [1.82, 2.24) is 4.90 Å². The third kappa shape index (κ3) is 2.60. The van der Waals surface area contributed by atoms with E-state index in [9.17, 15) is 4.79 Å². The van der Waals surface area contributed by atoms with Crippen molar-refractivity contribution in [3.63, 3.8) is 0 Å². The van der Waals surface area contributed by atoms with Crippen LogP contribution in [0.15, 0.2) is 18.2 Å². The van der Waals surface area contributed by atoms with E-state index in [-0.39, 0.29) is 11.9 Å². The number of benzene rings is 1. The second-order valence-electron chi connectivity index (χ2n) is 6.04. The maximum Gasteiger partial charge on any atom is 0.254 e. The van der Waals surface area contributed by atoms with Gasteiger partial charge in [-0.15, -0.1) is 0 Å². The first-order valence-corrected chi connectivity index (χ1v) is 7.33. The van der Waals surface area contributed by atoms with Gasteiger partial charge in [0, 0.05) is 30.4 Å². The Hall–Kier alpha value is -1.51. The first kappa shape index (κ1) is 12.5. The molecule has 2 aliphatic rings. The van der Waals surface area contributed by atoms with Gasteiger partial charge in [0.2, 0.25) is 0 Å². The second-order valence-corrected chi connectivity index (χ2v) is 6.04. The number of amides is 1. The fraction of sp³-hybridized carbons (Fsp3) is 0.562. The van der Waals surface area contributed by atoms with Crippen LogP contribution in [0.3, 0.4) is 0 Å². The van der Waals surface area contributed by atoms with Crippen molar-refractivity contribution in [2.45, 2.75) is 39.2 Å². The lowest BCUT2D eigenvalue weighted by atomic mass is 10.1. The van der Waals surface area contributed by atoms with Gasteiger partial charge in [-0.05, 0) is 56.7 Å². The molecule has 1 heterocycles. The lowest BCUT2D eigenvalue weighted by Crippen LogP contribution is -2.38. The number of hydrogen-bond acceptors (Lipinski definition) is 2. The Morgan fingerprint density at radius 3 is 2.89 bits per heavy atom. The zero-order chi connectivity index (χ0) is 13.4. The van der Waals surface area contributed by atoms with Crippen LogP contribution in [0, 0.1) is 5.92 Å². The van der Waals surface area contributed by atoms with Crippen molar-refractivity contribution >= 4 is 11.6 Å². The number of hydrogen-bond donors (Lipinski definition) is 1. The summed E-state index contributed by atoms with van der Waals surface area (Å²) in [6.45, 7) is 6.11. The summed E-state index contributed by atoms with van der Waals surface area (Å²) in [4.78, 5) is 14.7. The summed E-state index contributed by atoms with van der Waals surface area (Å²) in [5.41, 5.74) is 3.29. The SMILES string of the molecule is CC(C)N(CC1CC1)C(=O)c1ccc2c(c1)NCC2. The molecule has 0 saturated heterocycles. The lowest BCUT2D eigenvalue weighted by molar-refractivity contribution is 0.0696. The van der Waals surface area contributed by atoms with Crippen molar-refractivity contribution in [1.29, 1.82) is 0 Å². The molecule has 3 heteroatoms. The first-order chi connectivity index (χ1) is 9.15. The third-order valence-corrected chi connectivity index (χ3v) is 4.10. The summed E-state index contributed by atoms with van der Waals surface area (Å²) in [6, 6.07) is 6.37. The molecule has 102 valence electrons. The fourth-order valence-corrected chi connectivity index (χ4v) is 2.70. The quantitative estimate of drug-likeness (QED) is 0.900. The van der Waals surface area contributed by atoms with Crippen molar-refractivity contribution in [2.75, 3.05) is 18.4 Å². The molecule has 3 nitrogen and oxygen atoms in total. The molecule has 1 aliphatic heterocycles. The summed E-state index contributed by atoms with van der Waals surface area (Å²) in [5.74, 6) is 0.914. The summed E-state index contributed by atoms with van der Waals surface area (Å²) in [6.07, 6.45) is 3.63. The molecule has 19 heavy (non-hydrogen) atoms. The Morgan fingerprint density at radius 2 is 2.21 bits per heavy atom. The smallest absolute Gasteiger partial charge is 0.254 e. The average Bonchev–Trinajstić information content (AvgIpc) is 3.09. The molecular weight excluding hydrogens is 236 g/mol. The Bertz CT molecular complexity index is 492. The highest BCUT2D eigenvalue weighted by molar-refractivity contribution is 5.95. The van der Waals surface area contributed by atoms with Gasteiger partial charge in [-0.1, -0.05) is 6.07 Å². The van der Waals surface area contributed by atoms with E-state index in [0.717, 1.165) is 36.7 Å². The zero-order valence-electron chi connectivity index (χ0n) is 11.8. The molecule has 0 aromatic heterocycles. The highest BCUT2D eigenvalue weighted by Gasteiger charge is 2.29. The van der Waals surface area contributed by atoms with E-state index >= 15 is 0 Å². The monoisotopic (exact) mass is 258 g/mol. The maximum absolute atomic E-state index is 12.6. The van der Waals surface area contributed by atoms with Gasteiger partial charge in [0.25, 0.3) is 5.91 Å². The van der Waals surface area contributed by atoms with E-state index in [1.54, 1.807) is 0 Å². The van der Waals surface area contributed by atoms with E-state index in [4.69, 9.17) is 0 Å². The molecule has 1 saturated carbocycles. The number of rotatable bonds is 4. The average molecular weight is 258 g/mol. The minimum atomic E-state index is 0.179. The number of fused-ring (bicyclic) bond motifs is 1. The van der Waals surface area contributed by atoms with Crippen LogP contribution in [0.2, 0.25) is 0 Å². The minimum absolute atomic E-state index is 0.179. The van der Waals surface area contributed by atoms with E-state index in [1.165, 1.54) is 18.4 Å². The number of anilines is 1. The van der Waals surface area contributed by atoms with Gasteiger partial charge in [0.15, 0.2) is 0 Å². The molecule has 1 N–H and O–H groups in total. The molecule has 1 fully saturated rings. The first-order valence-electron chi connectivity index (χ1n) is 7.33. The predicted molar refractivity (Wildman–Crippen MR) is 77.5 cm³/mol. The molecule has 0 radical (unpaired) electrons. The Labute approximate surface area is 115 Å². The second kappa shape index (κ2) is 4.87. The number of carbonyl (C=O) groups is 1. The van der Waals surface area contributed by atoms with Gasteiger partial charge < -0.3 is 10.2 Å². The molecule has 1 aliphatic carbocycles. The van der Waals surface area contributed by atoms with Gasteiger partial charge in [-0.3, -0.25) is 4.79 Å². The molecule has 0 bridgehead atoms. The standard InChI is InChI=1S/C16H22N2O/c1-11(2)18(10-12-3-4-12)16(19)14-6-5-13-7-8-17-15(13)9-14/h5-6,9,11-12,17H,3-4,7-8,10H2,1-2H3. The molecule has 3 rings (SSSR count). The number of nitrogens with zero attached hydrogens (tertiary/aromatic N) is 1. The van der Waals surface area contributed by atoms with Crippen LogP contribution >= 0.6 is 0 Å². The van der Waals surface area contributed by atoms with Gasteiger partial charge >= 0.3 is 0 Å². The van der Waals surface area contributed by atoms with Gasteiger partial charge in [0.05, 0.1) is 0 Å². The Morgan fingerprint density at radius 1 is 1.42 bits per heavy atom. The topological polar surface area (TPSA) is 32.3 Å². The van der Waals surface area contributed by atoms with Crippen LogP contribution in [-0.4, -0.2) is 29.9 Å². The number of nitrogens with one attached hydrogen (secondary N) is 1. The third-order valence-electron chi connectivity index (χ3n) is 4.10. The van der Waals surface area contributed by atoms with Crippen LogP contribution in [0.5, 0.6) is 0 Å². The Balaban J connectivity index is 1.80. The van der Waals surface area contributed by atoms with E-state index in [2.05, 4.69) is 25.2 Å². The van der Waals surface area contributed by atoms with Crippen molar-refractivity contribution < 1.29 is 4.79 Å². The van der Waals surface area contributed by atoms with Crippen LogP contribution in [0.25, 0.3) is 0 Å². The summed E-state index contributed by atoms with van der Waals surface area (Å²) in [7, 11) is 0. The normalized spacial score (nSPS) is 17.2. The van der Waals surface area contributed by atoms with Crippen LogP contribution < -0.4 is 5.32 Å². The molecule has 0 unspecified atom stereocenters. The summed E-state index contributed by atoms with van der Waals surface area (Å²) >= 11 is 0. The molecule has 1 aromatic carbocycles. The number of carbonyl (C=O) groups excluding carboxylic acids is 1. The molecule has 1 aromatic rings. The van der Waals surface area contributed by atoms with Crippen molar-refractivity contribution in [2.24, 2.45) is 5.92 Å². The van der Waals surface area contributed by atoms with Gasteiger partial charge in [-0.25, -0.2) is 0 Å². The predicted octanol–water partition coefficient (Wildman–Crippen LogP) is 2.92. The van der Waals surface area contributed by atoms with Crippen LogP contribution in [-0.2, 0) is 6.42 Å². The van der Waals surface area contributed by atoms with Gasteiger partial charge in [-0.2, -0.15) is 0 Å². The highest BCUT2D eigenvalue weighted by atomic mass is 16.2. The van der Waals surface area contributed by atoms with E-state index in [1.807, 2.05) is 17.0 Å².